The maximum atomic E-state index is 11.3. The van der Waals surface area contributed by atoms with Crippen LogP contribution < -0.4 is 5.73 Å². The SMILES string of the molecule is COC(=O)CC(c1cc(Cl)ccc1Cl)C(C)N. The topological polar surface area (TPSA) is 52.3 Å². The van der Waals surface area contributed by atoms with Crippen LogP contribution in [0.25, 0.3) is 0 Å². The Morgan fingerprint density at radius 3 is 2.65 bits per heavy atom. The maximum Gasteiger partial charge on any atom is 0.306 e. The first-order chi connectivity index (χ1) is 7.95. The summed E-state index contributed by atoms with van der Waals surface area (Å²) < 4.78 is 4.65. The summed E-state index contributed by atoms with van der Waals surface area (Å²) in [5.41, 5.74) is 6.66. The van der Waals surface area contributed by atoms with E-state index in [9.17, 15) is 4.79 Å². The fourth-order valence-electron chi connectivity index (χ4n) is 1.64. The normalized spacial score (nSPS) is 14.2. The van der Waals surface area contributed by atoms with Gasteiger partial charge >= 0.3 is 5.97 Å². The van der Waals surface area contributed by atoms with Crippen molar-refractivity contribution in [1.82, 2.24) is 0 Å². The zero-order valence-electron chi connectivity index (χ0n) is 9.74. The van der Waals surface area contributed by atoms with E-state index in [4.69, 9.17) is 28.9 Å². The molecule has 17 heavy (non-hydrogen) atoms. The third-order valence-corrected chi connectivity index (χ3v) is 3.19. The molecule has 0 aliphatic rings. The minimum Gasteiger partial charge on any atom is -0.469 e. The smallest absolute Gasteiger partial charge is 0.306 e. The van der Waals surface area contributed by atoms with Crippen molar-refractivity contribution in [1.29, 1.82) is 0 Å². The highest BCUT2D eigenvalue weighted by atomic mass is 35.5. The molecule has 0 radical (unpaired) electrons. The number of rotatable bonds is 4. The molecule has 0 aromatic heterocycles. The molecule has 2 unspecified atom stereocenters. The molecule has 0 spiro atoms. The molecular formula is C12H15Cl2NO2. The Labute approximate surface area is 111 Å². The number of ether oxygens (including phenoxy) is 1. The van der Waals surface area contributed by atoms with E-state index in [1.165, 1.54) is 7.11 Å². The number of esters is 1. The van der Waals surface area contributed by atoms with Crippen molar-refractivity contribution in [3.8, 4) is 0 Å². The van der Waals surface area contributed by atoms with Gasteiger partial charge < -0.3 is 10.5 Å². The standard InChI is InChI=1S/C12H15Cl2NO2/c1-7(15)9(6-12(16)17-2)10-5-8(13)3-4-11(10)14/h3-5,7,9H,6,15H2,1-2H3. The lowest BCUT2D eigenvalue weighted by atomic mass is 9.90. The van der Waals surface area contributed by atoms with E-state index in [0.29, 0.717) is 10.0 Å². The molecule has 0 aliphatic heterocycles. The van der Waals surface area contributed by atoms with Gasteiger partial charge in [-0.1, -0.05) is 23.2 Å². The average Bonchev–Trinajstić information content (AvgIpc) is 2.28. The Morgan fingerprint density at radius 1 is 1.47 bits per heavy atom. The number of methoxy groups -OCH3 is 1. The van der Waals surface area contributed by atoms with E-state index in [1.807, 2.05) is 6.92 Å². The van der Waals surface area contributed by atoms with Gasteiger partial charge in [0.05, 0.1) is 13.5 Å². The van der Waals surface area contributed by atoms with Crippen LogP contribution in [0, 0.1) is 0 Å². The fourth-order valence-corrected chi connectivity index (χ4v) is 2.08. The van der Waals surface area contributed by atoms with Crippen LogP contribution in [0.4, 0.5) is 0 Å². The van der Waals surface area contributed by atoms with Crippen LogP contribution >= 0.6 is 23.2 Å². The number of nitrogens with two attached hydrogens (primary N) is 1. The largest absolute Gasteiger partial charge is 0.469 e. The van der Waals surface area contributed by atoms with Crippen LogP contribution in [0.5, 0.6) is 0 Å². The molecule has 2 N–H and O–H groups in total. The van der Waals surface area contributed by atoms with Gasteiger partial charge in [0, 0.05) is 22.0 Å². The fraction of sp³-hybridized carbons (Fsp3) is 0.417. The molecule has 94 valence electrons. The Hall–Kier alpha value is -0.770. The lowest BCUT2D eigenvalue weighted by Gasteiger charge is -2.21. The van der Waals surface area contributed by atoms with Gasteiger partial charge in [-0.3, -0.25) is 4.79 Å². The highest BCUT2D eigenvalue weighted by molar-refractivity contribution is 6.33. The number of carbonyl (C=O) groups is 1. The van der Waals surface area contributed by atoms with Gasteiger partial charge in [-0.25, -0.2) is 0 Å². The average molecular weight is 276 g/mol. The van der Waals surface area contributed by atoms with E-state index in [2.05, 4.69) is 4.74 Å². The Balaban J connectivity index is 3.05. The van der Waals surface area contributed by atoms with Crippen LogP contribution in [-0.4, -0.2) is 19.1 Å². The van der Waals surface area contributed by atoms with Crippen molar-refractivity contribution in [3.63, 3.8) is 0 Å². The lowest BCUT2D eigenvalue weighted by molar-refractivity contribution is -0.141. The molecule has 0 amide bonds. The molecular weight excluding hydrogens is 261 g/mol. The molecule has 0 saturated heterocycles. The minimum atomic E-state index is -0.316. The van der Waals surface area contributed by atoms with Crippen molar-refractivity contribution in [2.45, 2.75) is 25.3 Å². The predicted octanol–water partition coefficient (Wildman–Crippen LogP) is 2.99. The third kappa shape index (κ3) is 3.87. The molecule has 0 bridgehead atoms. The Morgan fingerprint density at radius 2 is 2.12 bits per heavy atom. The summed E-state index contributed by atoms with van der Waals surface area (Å²) in [6.07, 6.45) is 0.189. The second-order valence-corrected chi connectivity index (χ2v) is 4.76. The molecule has 1 rings (SSSR count). The second kappa shape index (κ2) is 6.24. The van der Waals surface area contributed by atoms with Crippen molar-refractivity contribution in [2.24, 2.45) is 5.73 Å². The van der Waals surface area contributed by atoms with Gasteiger partial charge in [0.2, 0.25) is 0 Å². The summed E-state index contributed by atoms with van der Waals surface area (Å²) in [7, 11) is 1.35. The lowest BCUT2D eigenvalue weighted by Crippen LogP contribution is -2.27. The van der Waals surface area contributed by atoms with Crippen LogP contribution in [0.15, 0.2) is 18.2 Å². The van der Waals surface area contributed by atoms with E-state index < -0.39 is 0 Å². The summed E-state index contributed by atoms with van der Waals surface area (Å²) in [4.78, 5) is 11.3. The summed E-state index contributed by atoms with van der Waals surface area (Å²) in [6, 6.07) is 4.92. The van der Waals surface area contributed by atoms with Crippen LogP contribution in [0.3, 0.4) is 0 Å². The van der Waals surface area contributed by atoms with E-state index in [-0.39, 0.29) is 24.3 Å². The zero-order chi connectivity index (χ0) is 13.0. The molecule has 1 aromatic rings. The van der Waals surface area contributed by atoms with Gasteiger partial charge in [-0.05, 0) is 30.7 Å². The quantitative estimate of drug-likeness (QED) is 0.860. The summed E-state index contributed by atoms with van der Waals surface area (Å²) in [5, 5.41) is 1.13. The molecule has 0 fully saturated rings. The zero-order valence-corrected chi connectivity index (χ0v) is 11.3. The minimum absolute atomic E-state index is 0.189. The molecule has 2 atom stereocenters. The first kappa shape index (κ1) is 14.3. The monoisotopic (exact) mass is 275 g/mol. The van der Waals surface area contributed by atoms with Crippen LogP contribution in [0.2, 0.25) is 10.0 Å². The number of benzene rings is 1. The van der Waals surface area contributed by atoms with Crippen LogP contribution in [0.1, 0.15) is 24.8 Å². The van der Waals surface area contributed by atoms with E-state index >= 15 is 0 Å². The van der Waals surface area contributed by atoms with Gasteiger partial charge in [-0.2, -0.15) is 0 Å². The first-order valence-corrected chi connectivity index (χ1v) is 5.98. The third-order valence-electron chi connectivity index (χ3n) is 2.61. The maximum absolute atomic E-state index is 11.3. The van der Waals surface area contributed by atoms with Crippen molar-refractivity contribution < 1.29 is 9.53 Å². The second-order valence-electron chi connectivity index (χ2n) is 3.91. The van der Waals surface area contributed by atoms with Crippen molar-refractivity contribution in [2.75, 3.05) is 7.11 Å². The number of hydrogen-bond donors (Lipinski definition) is 1. The number of carbonyl (C=O) groups excluding carboxylic acids is 1. The summed E-state index contributed by atoms with van der Waals surface area (Å²) in [5.74, 6) is -0.517. The summed E-state index contributed by atoms with van der Waals surface area (Å²) >= 11 is 12.0. The van der Waals surface area contributed by atoms with Crippen LogP contribution in [-0.2, 0) is 9.53 Å². The molecule has 0 saturated carbocycles. The highest BCUT2D eigenvalue weighted by Gasteiger charge is 2.22. The number of hydrogen-bond acceptors (Lipinski definition) is 3. The van der Waals surface area contributed by atoms with Crippen molar-refractivity contribution >= 4 is 29.2 Å². The highest BCUT2D eigenvalue weighted by Crippen LogP contribution is 2.31. The Kier molecular flexibility index (Phi) is 5.25. The Bertz CT molecular complexity index is 407. The van der Waals surface area contributed by atoms with Gasteiger partial charge in [0.15, 0.2) is 0 Å². The summed E-state index contributed by atoms with van der Waals surface area (Å²) in [6.45, 7) is 1.82. The molecule has 0 aliphatic carbocycles. The molecule has 5 heteroatoms. The molecule has 0 heterocycles. The van der Waals surface area contributed by atoms with E-state index in [0.717, 1.165) is 5.56 Å². The predicted molar refractivity (Wildman–Crippen MR) is 69.5 cm³/mol. The van der Waals surface area contributed by atoms with Gasteiger partial charge in [-0.15, -0.1) is 0 Å². The number of halogens is 2. The molecule has 3 nitrogen and oxygen atoms in total. The molecule has 1 aromatic carbocycles. The van der Waals surface area contributed by atoms with Crippen molar-refractivity contribution in [3.05, 3.63) is 33.8 Å². The van der Waals surface area contributed by atoms with Gasteiger partial charge in [0.25, 0.3) is 0 Å². The first-order valence-electron chi connectivity index (χ1n) is 5.23. The van der Waals surface area contributed by atoms with E-state index in [1.54, 1.807) is 18.2 Å². The van der Waals surface area contributed by atoms with Gasteiger partial charge in [0.1, 0.15) is 0 Å².